The van der Waals surface area contributed by atoms with Gasteiger partial charge in [0.05, 0.1) is 5.56 Å². The Balaban J connectivity index is 2.05. The molecule has 0 spiro atoms. The first-order valence-corrected chi connectivity index (χ1v) is 8.28. The third-order valence-electron chi connectivity index (χ3n) is 3.90. The summed E-state index contributed by atoms with van der Waals surface area (Å²) < 4.78 is 5.36. The van der Waals surface area contributed by atoms with Gasteiger partial charge in [-0.1, -0.05) is 18.2 Å². The fraction of sp³-hybridized carbons (Fsp3) is 0.300. The first-order chi connectivity index (χ1) is 11.9. The van der Waals surface area contributed by atoms with Gasteiger partial charge in [0.2, 0.25) is 0 Å². The Kier molecular flexibility index (Phi) is 6.17. The van der Waals surface area contributed by atoms with Gasteiger partial charge in [0, 0.05) is 32.0 Å². The molecule has 0 aromatic heterocycles. The van der Waals surface area contributed by atoms with Crippen LogP contribution in [0.2, 0.25) is 0 Å². The topological polar surface area (TPSA) is 49.9 Å². The minimum Gasteiger partial charge on any atom is -0.449 e. The lowest BCUT2D eigenvalue weighted by atomic mass is 10.2. The number of carbonyl (C=O) groups is 2. The molecule has 5 heteroatoms. The van der Waals surface area contributed by atoms with Crippen molar-refractivity contribution < 1.29 is 14.3 Å². The van der Waals surface area contributed by atoms with Crippen molar-refractivity contribution in [2.24, 2.45) is 0 Å². The minimum absolute atomic E-state index is 0.244. The predicted octanol–water partition coefficient (Wildman–Crippen LogP) is 3.35. The van der Waals surface area contributed by atoms with Gasteiger partial charge in [-0.15, -0.1) is 0 Å². The van der Waals surface area contributed by atoms with E-state index in [0.717, 1.165) is 11.4 Å². The number of hydrogen-bond acceptors (Lipinski definition) is 4. The zero-order valence-corrected chi connectivity index (χ0v) is 15.1. The van der Waals surface area contributed by atoms with Crippen molar-refractivity contribution in [2.45, 2.75) is 20.0 Å². The molecule has 1 amide bonds. The second-order valence-electron chi connectivity index (χ2n) is 5.91. The smallest absolute Gasteiger partial charge is 0.338 e. The molecule has 0 heterocycles. The number of anilines is 2. The maximum absolute atomic E-state index is 12.6. The second-order valence-corrected chi connectivity index (χ2v) is 5.91. The number of benzene rings is 2. The van der Waals surface area contributed by atoms with Gasteiger partial charge in [0.25, 0.3) is 5.91 Å². The SMILES string of the molecule is CCN(C(=O)[C@H](C)OC(=O)c1ccc(N(C)C)cc1)c1ccccc1. The quantitative estimate of drug-likeness (QED) is 0.757. The third-order valence-corrected chi connectivity index (χ3v) is 3.90. The van der Waals surface area contributed by atoms with E-state index in [-0.39, 0.29) is 5.91 Å². The molecule has 0 radical (unpaired) electrons. The Morgan fingerprint density at radius 3 is 2.08 bits per heavy atom. The van der Waals surface area contributed by atoms with Crippen molar-refractivity contribution >= 4 is 23.3 Å². The zero-order chi connectivity index (χ0) is 18.4. The Bertz CT molecular complexity index is 711. The molecule has 2 rings (SSSR count). The molecule has 5 nitrogen and oxygen atoms in total. The molecular weight excluding hydrogens is 316 g/mol. The fourth-order valence-corrected chi connectivity index (χ4v) is 2.47. The Labute approximate surface area is 148 Å². The molecule has 0 saturated heterocycles. The molecule has 25 heavy (non-hydrogen) atoms. The van der Waals surface area contributed by atoms with Crippen molar-refractivity contribution in [3.63, 3.8) is 0 Å². The van der Waals surface area contributed by atoms with Crippen molar-refractivity contribution in [3.8, 4) is 0 Å². The fourth-order valence-electron chi connectivity index (χ4n) is 2.47. The van der Waals surface area contributed by atoms with Crippen LogP contribution in [0, 0.1) is 0 Å². The van der Waals surface area contributed by atoms with Crippen LogP contribution in [0.3, 0.4) is 0 Å². The first-order valence-electron chi connectivity index (χ1n) is 8.28. The highest BCUT2D eigenvalue weighted by Crippen LogP contribution is 2.17. The summed E-state index contributed by atoms with van der Waals surface area (Å²) in [7, 11) is 3.86. The normalized spacial score (nSPS) is 11.5. The van der Waals surface area contributed by atoms with E-state index in [4.69, 9.17) is 4.74 Å². The largest absolute Gasteiger partial charge is 0.449 e. The van der Waals surface area contributed by atoms with Gasteiger partial charge in [-0.3, -0.25) is 4.79 Å². The van der Waals surface area contributed by atoms with Crippen LogP contribution in [0.15, 0.2) is 54.6 Å². The maximum Gasteiger partial charge on any atom is 0.338 e. The van der Waals surface area contributed by atoms with E-state index in [9.17, 15) is 9.59 Å². The highest BCUT2D eigenvalue weighted by molar-refractivity contribution is 5.99. The van der Waals surface area contributed by atoms with E-state index in [0.29, 0.717) is 12.1 Å². The molecule has 2 aromatic carbocycles. The molecule has 0 N–H and O–H groups in total. The number of likely N-dealkylation sites (N-methyl/N-ethyl adjacent to an activating group) is 1. The van der Waals surface area contributed by atoms with Crippen LogP contribution in [0.1, 0.15) is 24.2 Å². The number of carbonyl (C=O) groups excluding carboxylic acids is 2. The monoisotopic (exact) mass is 340 g/mol. The van der Waals surface area contributed by atoms with Crippen LogP contribution in [-0.2, 0) is 9.53 Å². The predicted molar refractivity (Wildman–Crippen MR) is 100 cm³/mol. The molecule has 0 aliphatic carbocycles. The van der Waals surface area contributed by atoms with Crippen LogP contribution >= 0.6 is 0 Å². The van der Waals surface area contributed by atoms with E-state index >= 15 is 0 Å². The van der Waals surface area contributed by atoms with E-state index in [1.807, 2.05) is 68.4 Å². The van der Waals surface area contributed by atoms with Crippen LogP contribution < -0.4 is 9.80 Å². The standard InChI is InChI=1S/C20H24N2O3/c1-5-22(18-9-7-6-8-10-18)19(23)15(2)25-20(24)16-11-13-17(14-12-16)21(3)4/h6-15H,5H2,1-4H3/t15-/m0/s1. The van der Waals surface area contributed by atoms with E-state index in [1.54, 1.807) is 24.0 Å². The zero-order valence-electron chi connectivity index (χ0n) is 15.1. The van der Waals surface area contributed by atoms with Crippen molar-refractivity contribution in [2.75, 3.05) is 30.4 Å². The summed E-state index contributed by atoms with van der Waals surface area (Å²) in [6.07, 6.45) is -0.860. The number of nitrogens with zero attached hydrogens (tertiary/aromatic N) is 2. The number of para-hydroxylation sites is 1. The Morgan fingerprint density at radius 1 is 0.960 bits per heavy atom. The van der Waals surface area contributed by atoms with Gasteiger partial charge in [0.1, 0.15) is 0 Å². The molecular formula is C20H24N2O3. The lowest BCUT2D eigenvalue weighted by Crippen LogP contribution is -2.40. The second kappa shape index (κ2) is 8.33. The summed E-state index contributed by atoms with van der Waals surface area (Å²) in [4.78, 5) is 28.5. The summed E-state index contributed by atoms with van der Waals surface area (Å²) in [6.45, 7) is 3.99. The molecule has 1 atom stereocenters. The van der Waals surface area contributed by atoms with Crippen molar-refractivity contribution in [1.29, 1.82) is 0 Å². The number of amides is 1. The number of ether oxygens (including phenoxy) is 1. The van der Waals surface area contributed by atoms with Gasteiger partial charge in [0.15, 0.2) is 6.10 Å². The van der Waals surface area contributed by atoms with Gasteiger partial charge in [-0.25, -0.2) is 4.79 Å². The van der Waals surface area contributed by atoms with Crippen molar-refractivity contribution in [1.82, 2.24) is 0 Å². The Hall–Kier alpha value is -2.82. The molecule has 0 aliphatic heterocycles. The first kappa shape index (κ1) is 18.5. The maximum atomic E-state index is 12.6. The molecule has 0 fully saturated rings. The minimum atomic E-state index is -0.860. The van der Waals surface area contributed by atoms with Crippen LogP contribution in [0.4, 0.5) is 11.4 Å². The molecule has 0 aliphatic rings. The summed E-state index contributed by atoms with van der Waals surface area (Å²) in [5.41, 5.74) is 2.20. The van der Waals surface area contributed by atoms with Crippen LogP contribution in [0.25, 0.3) is 0 Å². The lowest BCUT2D eigenvalue weighted by Gasteiger charge is -2.24. The van der Waals surface area contributed by atoms with Gasteiger partial charge in [-0.05, 0) is 50.2 Å². The number of hydrogen-bond donors (Lipinski definition) is 0. The highest BCUT2D eigenvalue weighted by atomic mass is 16.5. The molecule has 2 aromatic rings. The average molecular weight is 340 g/mol. The van der Waals surface area contributed by atoms with E-state index in [2.05, 4.69) is 0 Å². The van der Waals surface area contributed by atoms with Crippen LogP contribution in [0.5, 0.6) is 0 Å². The number of rotatable bonds is 6. The molecule has 0 saturated carbocycles. The van der Waals surface area contributed by atoms with Gasteiger partial charge in [-0.2, -0.15) is 0 Å². The van der Waals surface area contributed by atoms with Gasteiger partial charge < -0.3 is 14.5 Å². The highest BCUT2D eigenvalue weighted by Gasteiger charge is 2.24. The summed E-state index contributed by atoms with van der Waals surface area (Å²) in [6, 6.07) is 16.4. The van der Waals surface area contributed by atoms with Crippen molar-refractivity contribution in [3.05, 3.63) is 60.2 Å². The van der Waals surface area contributed by atoms with E-state index < -0.39 is 12.1 Å². The molecule has 0 unspecified atom stereocenters. The average Bonchev–Trinajstić information content (AvgIpc) is 2.63. The molecule has 132 valence electrons. The number of esters is 1. The Morgan fingerprint density at radius 2 is 1.56 bits per heavy atom. The summed E-state index contributed by atoms with van der Waals surface area (Å²) in [5.74, 6) is -0.748. The summed E-state index contributed by atoms with van der Waals surface area (Å²) >= 11 is 0. The lowest BCUT2D eigenvalue weighted by molar-refractivity contribution is -0.126. The third kappa shape index (κ3) is 4.59. The molecule has 0 bridgehead atoms. The van der Waals surface area contributed by atoms with E-state index in [1.165, 1.54) is 0 Å². The van der Waals surface area contributed by atoms with Crippen LogP contribution in [-0.4, -0.2) is 38.6 Å². The van der Waals surface area contributed by atoms with Gasteiger partial charge >= 0.3 is 5.97 Å². The summed E-state index contributed by atoms with van der Waals surface area (Å²) in [5, 5.41) is 0.